The van der Waals surface area contributed by atoms with Crippen LogP contribution in [-0.2, 0) is 9.59 Å². The Balaban J connectivity index is 4.16. The first-order valence-electron chi connectivity index (χ1n) is 3.87. The SMILES string of the molecule is CC(C)C(=O)CC(Cl)(Cl)CC(=O)O. The fourth-order valence-corrected chi connectivity index (χ4v) is 1.23. The van der Waals surface area contributed by atoms with Crippen LogP contribution in [0.2, 0.25) is 0 Å². The summed E-state index contributed by atoms with van der Waals surface area (Å²) in [4.78, 5) is 21.5. The van der Waals surface area contributed by atoms with E-state index >= 15 is 0 Å². The number of hydrogen-bond acceptors (Lipinski definition) is 2. The molecule has 0 atom stereocenters. The van der Waals surface area contributed by atoms with Gasteiger partial charge in [-0.3, -0.25) is 9.59 Å². The molecule has 0 aromatic carbocycles. The van der Waals surface area contributed by atoms with Crippen molar-refractivity contribution in [1.29, 1.82) is 0 Å². The van der Waals surface area contributed by atoms with E-state index in [9.17, 15) is 9.59 Å². The molecule has 5 heteroatoms. The third-order valence-corrected chi connectivity index (χ3v) is 2.02. The summed E-state index contributed by atoms with van der Waals surface area (Å²) in [6.45, 7) is 3.43. The van der Waals surface area contributed by atoms with Gasteiger partial charge in [-0.25, -0.2) is 0 Å². The summed E-state index contributed by atoms with van der Waals surface area (Å²) in [7, 11) is 0. The van der Waals surface area contributed by atoms with E-state index in [1.54, 1.807) is 13.8 Å². The summed E-state index contributed by atoms with van der Waals surface area (Å²) >= 11 is 11.3. The minimum absolute atomic E-state index is 0.125. The van der Waals surface area contributed by atoms with E-state index in [4.69, 9.17) is 28.3 Å². The van der Waals surface area contributed by atoms with E-state index in [0.29, 0.717) is 0 Å². The second-order valence-electron chi connectivity index (χ2n) is 3.22. The molecule has 0 unspecified atom stereocenters. The normalized spacial score (nSPS) is 11.8. The van der Waals surface area contributed by atoms with E-state index in [1.165, 1.54) is 0 Å². The van der Waals surface area contributed by atoms with Crippen LogP contribution >= 0.6 is 23.2 Å². The first-order valence-corrected chi connectivity index (χ1v) is 4.62. The van der Waals surface area contributed by atoms with Crippen molar-refractivity contribution in [2.24, 2.45) is 5.92 Å². The zero-order chi connectivity index (χ0) is 10.6. The van der Waals surface area contributed by atoms with E-state index in [2.05, 4.69) is 0 Å². The number of aliphatic carboxylic acids is 1. The molecule has 13 heavy (non-hydrogen) atoms. The van der Waals surface area contributed by atoms with Crippen LogP contribution in [0.1, 0.15) is 26.7 Å². The summed E-state index contributed by atoms with van der Waals surface area (Å²) < 4.78 is -1.48. The van der Waals surface area contributed by atoms with Gasteiger partial charge in [-0.15, -0.1) is 23.2 Å². The fraction of sp³-hybridized carbons (Fsp3) is 0.750. The summed E-state index contributed by atoms with van der Waals surface area (Å²) in [5.41, 5.74) is 0. The number of rotatable bonds is 5. The number of carboxylic acids is 1. The van der Waals surface area contributed by atoms with Crippen molar-refractivity contribution in [2.45, 2.75) is 31.0 Å². The molecule has 0 aromatic heterocycles. The molecule has 0 saturated carbocycles. The van der Waals surface area contributed by atoms with E-state index < -0.39 is 16.7 Å². The van der Waals surface area contributed by atoms with Crippen LogP contribution < -0.4 is 0 Å². The van der Waals surface area contributed by atoms with E-state index in [-0.39, 0.29) is 18.1 Å². The third-order valence-electron chi connectivity index (χ3n) is 1.49. The third kappa shape index (κ3) is 5.88. The Morgan fingerprint density at radius 1 is 1.31 bits per heavy atom. The van der Waals surface area contributed by atoms with E-state index in [0.717, 1.165) is 0 Å². The molecule has 0 aliphatic heterocycles. The molecule has 1 N–H and O–H groups in total. The largest absolute Gasteiger partial charge is 0.481 e. The number of halogens is 2. The maximum Gasteiger partial charge on any atom is 0.306 e. The molecule has 0 saturated heterocycles. The molecule has 0 aromatic rings. The zero-order valence-electron chi connectivity index (χ0n) is 7.51. The Morgan fingerprint density at radius 2 is 1.77 bits per heavy atom. The predicted molar refractivity (Wildman–Crippen MR) is 51.2 cm³/mol. The monoisotopic (exact) mass is 226 g/mol. The molecule has 3 nitrogen and oxygen atoms in total. The van der Waals surface area contributed by atoms with Crippen LogP contribution in [0, 0.1) is 5.92 Å². The standard InChI is InChI=1S/C8H12Cl2O3/c1-5(2)6(11)3-8(9,10)4-7(12)13/h5H,3-4H2,1-2H3,(H,12,13). The van der Waals surface area contributed by atoms with Crippen LogP contribution in [0.3, 0.4) is 0 Å². The minimum Gasteiger partial charge on any atom is -0.481 e. The Labute approximate surface area is 87.0 Å². The topological polar surface area (TPSA) is 54.4 Å². The Kier molecular flexibility index (Phi) is 4.71. The average Bonchev–Trinajstić information content (AvgIpc) is 1.81. The number of ketones is 1. The average molecular weight is 227 g/mol. The Bertz CT molecular complexity index is 211. The summed E-state index contributed by atoms with van der Waals surface area (Å²) in [5.74, 6) is -1.42. The van der Waals surface area contributed by atoms with Gasteiger partial charge in [0.15, 0.2) is 0 Å². The van der Waals surface area contributed by atoms with Crippen LogP contribution in [-0.4, -0.2) is 21.2 Å². The highest BCUT2D eigenvalue weighted by Gasteiger charge is 2.31. The highest BCUT2D eigenvalue weighted by atomic mass is 35.5. The number of alkyl halides is 2. The van der Waals surface area contributed by atoms with Gasteiger partial charge in [0.05, 0.1) is 6.42 Å². The quantitative estimate of drug-likeness (QED) is 0.732. The second-order valence-corrected chi connectivity index (χ2v) is 4.86. The number of hydrogen-bond donors (Lipinski definition) is 1. The molecule has 0 radical (unpaired) electrons. The maximum atomic E-state index is 11.2. The lowest BCUT2D eigenvalue weighted by Crippen LogP contribution is -2.24. The van der Waals surface area contributed by atoms with Gasteiger partial charge in [0.25, 0.3) is 0 Å². The summed E-state index contributed by atoms with van der Waals surface area (Å²) in [6, 6.07) is 0. The van der Waals surface area contributed by atoms with Crippen molar-refractivity contribution >= 4 is 35.0 Å². The summed E-state index contributed by atoms with van der Waals surface area (Å²) in [6.07, 6.45) is -0.547. The molecule has 0 spiro atoms. The first-order chi connectivity index (χ1) is 5.74. The molecule has 0 amide bonds. The highest BCUT2D eigenvalue weighted by molar-refractivity contribution is 6.50. The number of Topliss-reactive ketones (excluding diaryl/α,β-unsaturated/α-hetero) is 1. The maximum absolute atomic E-state index is 11.2. The second kappa shape index (κ2) is 4.82. The van der Waals surface area contributed by atoms with Gasteiger partial charge in [0.1, 0.15) is 10.1 Å². The van der Waals surface area contributed by atoms with Gasteiger partial charge in [-0.2, -0.15) is 0 Å². The smallest absolute Gasteiger partial charge is 0.306 e. The fourth-order valence-electron chi connectivity index (χ4n) is 0.743. The zero-order valence-corrected chi connectivity index (χ0v) is 9.02. The van der Waals surface area contributed by atoms with Crippen LogP contribution in [0.4, 0.5) is 0 Å². The van der Waals surface area contributed by atoms with Gasteiger partial charge >= 0.3 is 5.97 Å². The van der Waals surface area contributed by atoms with Crippen molar-refractivity contribution in [1.82, 2.24) is 0 Å². The first kappa shape index (κ1) is 12.7. The lowest BCUT2D eigenvalue weighted by Gasteiger charge is -2.17. The molecule has 0 heterocycles. The lowest BCUT2D eigenvalue weighted by molar-refractivity contribution is -0.137. The van der Waals surface area contributed by atoms with Gasteiger partial charge in [-0.1, -0.05) is 13.8 Å². The lowest BCUT2D eigenvalue weighted by atomic mass is 10.0. The molecule has 0 bridgehead atoms. The number of carbonyl (C=O) groups excluding carboxylic acids is 1. The van der Waals surface area contributed by atoms with Crippen molar-refractivity contribution in [3.8, 4) is 0 Å². The molecular formula is C8H12Cl2O3. The Morgan fingerprint density at radius 3 is 2.08 bits per heavy atom. The predicted octanol–water partition coefficient (Wildman–Crippen LogP) is 2.25. The molecule has 0 fully saturated rings. The van der Waals surface area contributed by atoms with Gasteiger partial charge in [0.2, 0.25) is 0 Å². The summed E-state index contributed by atoms with van der Waals surface area (Å²) in [5, 5.41) is 8.42. The van der Waals surface area contributed by atoms with Crippen molar-refractivity contribution < 1.29 is 14.7 Å². The number of carboxylic acid groups (broad SMARTS) is 1. The van der Waals surface area contributed by atoms with Gasteiger partial charge in [-0.05, 0) is 0 Å². The van der Waals surface area contributed by atoms with Crippen LogP contribution in [0.15, 0.2) is 0 Å². The highest BCUT2D eigenvalue weighted by Crippen LogP contribution is 2.30. The molecule has 0 rings (SSSR count). The van der Waals surface area contributed by atoms with Gasteiger partial charge in [0, 0.05) is 12.3 Å². The molecule has 76 valence electrons. The van der Waals surface area contributed by atoms with E-state index in [1.807, 2.05) is 0 Å². The van der Waals surface area contributed by atoms with Crippen molar-refractivity contribution in [3.63, 3.8) is 0 Å². The van der Waals surface area contributed by atoms with Crippen molar-refractivity contribution in [2.75, 3.05) is 0 Å². The van der Waals surface area contributed by atoms with Crippen LogP contribution in [0.5, 0.6) is 0 Å². The van der Waals surface area contributed by atoms with Crippen molar-refractivity contribution in [3.05, 3.63) is 0 Å². The van der Waals surface area contributed by atoms with Crippen LogP contribution in [0.25, 0.3) is 0 Å². The molecular weight excluding hydrogens is 215 g/mol. The molecule has 0 aliphatic carbocycles. The Hall–Kier alpha value is -0.280. The molecule has 0 aliphatic rings. The van der Waals surface area contributed by atoms with Gasteiger partial charge < -0.3 is 5.11 Å². The minimum atomic E-state index is -1.48. The number of carbonyl (C=O) groups is 2.